The average molecular weight is 347 g/mol. The number of pyridine rings is 1. The smallest absolute Gasteiger partial charge is 0.318 e. The van der Waals surface area contributed by atoms with E-state index in [1.807, 2.05) is 58.8 Å². The fourth-order valence-corrected chi connectivity index (χ4v) is 3.26. The lowest BCUT2D eigenvalue weighted by atomic mass is 10.00. The number of hydrogen-bond acceptors (Lipinski definition) is 3. The molecule has 1 aliphatic rings. The summed E-state index contributed by atoms with van der Waals surface area (Å²) in [5, 5.41) is 11.4. The summed E-state index contributed by atoms with van der Waals surface area (Å²) < 4.78 is 1.90. The number of aromatic nitrogens is 3. The van der Waals surface area contributed by atoms with Gasteiger partial charge in [0.05, 0.1) is 6.04 Å². The zero-order chi connectivity index (χ0) is 17.9. The fraction of sp³-hybridized carbons (Fsp3) is 0.250. The minimum atomic E-state index is -0.223. The molecule has 4 rings (SSSR count). The van der Waals surface area contributed by atoms with E-state index in [9.17, 15) is 4.79 Å². The van der Waals surface area contributed by atoms with Crippen LogP contribution in [0.15, 0.2) is 60.8 Å². The highest BCUT2D eigenvalue weighted by atomic mass is 16.2. The number of rotatable bonds is 3. The van der Waals surface area contributed by atoms with Gasteiger partial charge in [0.25, 0.3) is 0 Å². The summed E-state index contributed by atoms with van der Waals surface area (Å²) in [4.78, 5) is 14.4. The Morgan fingerprint density at radius 1 is 1.12 bits per heavy atom. The van der Waals surface area contributed by atoms with Crippen LogP contribution in [0.5, 0.6) is 0 Å². The van der Waals surface area contributed by atoms with E-state index in [2.05, 4.69) is 33.7 Å². The summed E-state index contributed by atoms with van der Waals surface area (Å²) in [6.45, 7) is 3.25. The van der Waals surface area contributed by atoms with Crippen LogP contribution in [0.2, 0.25) is 0 Å². The van der Waals surface area contributed by atoms with Crippen LogP contribution in [0.1, 0.15) is 30.8 Å². The maximum atomic E-state index is 12.6. The van der Waals surface area contributed by atoms with Crippen molar-refractivity contribution in [2.24, 2.45) is 0 Å². The van der Waals surface area contributed by atoms with Crippen molar-refractivity contribution in [1.82, 2.24) is 24.8 Å². The minimum absolute atomic E-state index is 0.0754. The van der Waals surface area contributed by atoms with Crippen LogP contribution in [0.25, 0.3) is 11.2 Å². The van der Waals surface area contributed by atoms with Gasteiger partial charge in [-0.25, -0.2) is 4.79 Å². The molecule has 0 bridgehead atoms. The van der Waals surface area contributed by atoms with Crippen molar-refractivity contribution in [2.45, 2.75) is 19.4 Å². The summed E-state index contributed by atoms with van der Waals surface area (Å²) in [5.74, 6) is 0.728. The molecule has 132 valence electrons. The highest BCUT2D eigenvalue weighted by molar-refractivity contribution is 5.77. The van der Waals surface area contributed by atoms with Gasteiger partial charge in [0.2, 0.25) is 0 Å². The van der Waals surface area contributed by atoms with Crippen molar-refractivity contribution in [3.05, 3.63) is 72.2 Å². The van der Waals surface area contributed by atoms with E-state index in [4.69, 9.17) is 0 Å². The zero-order valence-corrected chi connectivity index (χ0v) is 14.7. The molecule has 1 aromatic carbocycles. The number of nitrogens with zero attached hydrogens (tertiary/aromatic N) is 4. The summed E-state index contributed by atoms with van der Waals surface area (Å²) in [5.41, 5.74) is 3.30. The molecule has 2 aromatic heterocycles. The van der Waals surface area contributed by atoms with Crippen LogP contribution in [0, 0.1) is 0 Å². The van der Waals surface area contributed by atoms with E-state index >= 15 is 0 Å². The van der Waals surface area contributed by atoms with Gasteiger partial charge in [-0.1, -0.05) is 42.5 Å². The van der Waals surface area contributed by atoms with Crippen molar-refractivity contribution in [3.8, 4) is 0 Å². The van der Waals surface area contributed by atoms with Gasteiger partial charge in [-0.2, -0.15) is 0 Å². The predicted octanol–water partition coefficient (Wildman–Crippen LogP) is 3.29. The molecule has 0 aliphatic carbocycles. The number of benzene rings is 1. The number of hydrogen-bond donors (Lipinski definition) is 1. The van der Waals surface area contributed by atoms with E-state index in [-0.39, 0.29) is 12.1 Å². The third-order valence-electron chi connectivity index (χ3n) is 4.71. The number of carbonyl (C=O) groups is 1. The molecule has 6 heteroatoms. The molecule has 3 heterocycles. The normalized spacial score (nSPS) is 15.6. The maximum Gasteiger partial charge on any atom is 0.318 e. The first-order chi connectivity index (χ1) is 12.7. The first-order valence-corrected chi connectivity index (χ1v) is 8.82. The van der Waals surface area contributed by atoms with Gasteiger partial charge in [-0.05, 0) is 36.6 Å². The Bertz CT molecular complexity index is 947. The molecular formula is C20H21N5O. The predicted molar refractivity (Wildman–Crippen MR) is 101 cm³/mol. The number of fused-ring (bicyclic) bond motifs is 1. The van der Waals surface area contributed by atoms with Crippen LogP contribution < -0.4 is 5.32 Å². The SMILES string of the molecule is CC(NC(=O)N1CC=C(c2ccccc2)CC1)c1nnc2ccccn12. The Morgan fingerprint density at radius 3 is 2.69 bits per heavy atom. The van der Waals surface area contributed by atoms with Crippen LogP contribution in [0.4, 0.5) is 4.79 Å². The third kappa shape index (κ3) is 3.18. The number of carbonyl (C=O) groups excluding carboxylic acids is 1. The molecule has 0 fully saturated rings. The Kier molecular flexibility index (Phi) is 4.39. The van der Waals surface area contributed by atoms with Gasteiger partial charge in [0.15, 0.2) is 11.5 Å². The van der Waals surface area contributed by atoms with Gasteiger partial charge in [-0.15, -0.1) is 10.2 Å². The van der Waals surface area contributed by atoms with Gasteiger partial charge in [0.1, 0.15) is 0 Å². The molecule has 1 unspecified atom stereocenters. The molecule has 0 spiro atoms. The molecule has 0 saturated carbocycles. The van der Waals surface area contributed by atoms with Crippen molar-refractivity contribution in [3.63, 3.8) is 0 Å². The van der Waals surface area contributed by atoms with Crippen LogP contribution in [-0.2, 0) is 0 Å². The Balaban J connectivity index is 1.42. The van der Waals surface area contributed by atoms with E-state index in [0.717, 1.165) is 17.9 Å². The maximum absolute atomic E-state index is 12.6. The second-order valence-corrected chi connectivity index (χ2v) is 6.45. The summed E-state index contributed by atoms with van der Waals surface area (Å²) in [6.07, 6.45) is 4.90. The Labute approximate surface area is 152 Å². The average Bonchev–Trinajstić information content (AvgIpc) is 3.13. The number of nitrogens with one attached hydrogen (secondary N) is 1. The quantitative estimate of drug-likeness (QED) is 0.791. The summed E-state index contributed by atoms with van der Waals surface area (Å²) >= 11 is 0. The minimum Gasteiger partial charge on any atom is -0.328 e. The van der Waals surface area contributed by atoms with Gasteiger partial charge in [-0.3, -0.25) is 4.40 Å². The first-order valence-electron chi connectivity index (χ1n) is 8.82. The molecule has 1 atom stereocenters. The molecular weight excluding hydrogens is 326 g/mol. The van der Waals surface area contributed by atoms with Crippen LogP contribution in [0.3, 0.4) is 0 Å². The lowest BCUT2D eigenvalue weighted by Gasteiger charge is -2.28. The van der Waals surface area contributed by atoms with E-state index in [1.54, 1.807) is 0 Å². The summed E-state index contributed by atoms with van der Waals surface area (Å²) in [6, 6.07) is 15.8. The Morgan fingerprint density at radius 2 is 1.92 bits per heavy atom. The summed E-state index contributed by atoms with van der Waals surface area (Å²) in [7, 11) is 0. The highest BCUT2D eigenvalue weighted by Crippen LogP contribution is 2.22. The second-order valence-electron chi connectivity index (χ2n) is 6.45. The number of urea groups is 1. The number of amides is 2. The van der Waals surface area contributed by atoms with E-state index in [0.29, 0.717) is 13.1 Å². The molecule has 3 aromatic rings. The molecule has 1 N–H and O–H groups in total. The standard InChI is InChI=1S/C20H21N5O/c1-15(19-23-22-18-9-5-6-12-25(18)19)21-20(26)24-13-10-17(11-14-24)16-7-3-2-4-8-16/h2-10,12,15H,11,13-14H2,1H3,(H,21,26). The van der Waals surface area contributed by atoms with Gasteiger partial charge < -0.3 is 10.2 Å². The largest absolute Gasteiger partial charge is 0.328 e. The highest BCUT2D eigenvalue weighted by Gasteiger charge is 2.21. The van der Waals surface area contributed by atoms with Crippen LogP contribution in [-0.4, -0.2) is 38.6 Å². The van der Waals surface area contributed by atoms with Crippen molar-refractivity contribution in [1.29, 1.82) is 0 Å². The van der Waals surface area contributed by atoms with Gasteiger partial charge in [0, 0.05) is 19.3 Å². The monoisotopic (exact) mass is 347 g/mol. The zero-order valence-electron chi connectivity index (χ0n) is 14.7. The van der Waals surface area contributed by atoms with Crippen molar-refractivity contribution < 1.29 is 4.79 Å². The van der Waals surface area contributed by atoms with Crippen molar-refractivity contribution >= 4 is 17.3 Å². The molecule has 6 nitrogen and oxygen atoms in total. The lowest BCUT2D eigenvalue weighted by molar-refractivity contribution is 0.199. The first kappa shape index (κ1) is 16.3. The third-order valence-corrected chi connectivity index (χ3v) is 4.71. The molecule has 2 amide bonds. The van der Waals surface area contributed by atoms with Crippen LogP contribution >= 0.6 is 0 Å². The van der Waals surface area contributed by atoms with Crippen molar-refractivity contribution in [2.75, 3.05) is 13.1 Å². The molecule has 0 saturated heterocycles. The Hall–Kier alpha value is -3.15. The molecule has 26 heavy (non-hydrogen) atoms. The molecule has 0 radical (unpaired) electrons. The van der Waals surface area contributed by atoms with E-state index in [1.165, 1.54) is 11.1 Å². The van der Waals surface area contributed by atoms with E-state index < -0.39 is 0 Å². The second kappa shape index (κ2) is 7.00. The topological polar surface area (TPSA) is 62.5 Å². The molecule has 1 aliphatic heterocycles. The lowest BCUT2D eigenvalue weighted by Crippen LogP contribution is -2.43. The fourth-order valence-electron chi connectivity index (χ4n) is 3.26. The van der Waals surface area contributed by atoms with Gasteiger partial charge >= 0.3 is 6.03 Å².